The second-order valence-electron chi connectivity index (χ2n) is 20.7. The SMILES string of the molecule is CCCCCCCC/C=C\CCCCCCCC(=O)OCCCCC/C=C\CCCCCCCC(=O)NC(CO)C(O)CCCCCCCCCCCCCCCCCCCCCCCCC. The van der Waals surface area contributed by atoms with Crippen LogP contribution in [0.4, 0.5) is 0 Å². The molecule has 2 unspecified atom stereocenters. The maximum Gasteiger partial charge on any atom is 0.305 e. The Hall–Kier alpha value is -1.66. The lowest BCUT2D eigenvalue weighted by molar-refractivity contribution is -0.143. The van der Waals surface area contributed by atoms with Crippen molar-refractivity contribution in [3.05, 3.63) is 24.3 Å². The molecule has 67 heavy (non-hydrogen) atoms. The summed E-state index contributed by atoms with van der Waals surface area (Å²) in [5.41, 5.74) is 0. The second-order valence-corrected chi connectivity index (χ2v) is 20.7. The van der Waals surface area contributed by atoms with E-state index in [-0.39, 0.29) is 18.5 Å². The summed E-state index contributed by atoms with van der Waals surface area (Å²) in [4.78, 5) is 24.6. The third-order valence-corrected chi connectivity index (χ3v) is 14.0. The Morgan fingerprint density at radius 1 is 0.403 bits per heavy atom. The molecule has 0 fully saturated rings. The molecule has 0 radical (unpaired) electrons. The van der Waals surface area contributed by atoms with Crippen LogP contribution in [-0.4, -0.2) is 47.4 Å². The first-order chi connectivity index (χ1) is 33.0. The number of carbonyl (C=O) groups excluding carboxylic acids is 2. The fraction of sp³-hybridized carbons (Fsp3) is 0.902. The molecule has 0 aromatic rings. The van der Waals surface area contributed by atoms with E-state index >= 15 is 0 Å². The summed E-state index contributed by atoms with van der Waals surface area (Å²) in [7, 11) is 0. The lowest BCUT2D eigenvalue weighted by Crippen LogP contribution is -2.45. The summed E-state index contributed by atoms with van der Waals surface area (Å²) in [6.07, 6.45) is 68.9. The average Bonchev–Trinajstić information content (AvgIpc) is 3.33. The first kappa shape index (κ1) is 65.3. The quantitative estimate of drug-likeness (QED) is 0.0321. The molecule has 0 saturated heterocycles. The predicted molar refractivity (Wildman–Crippen MR) is 292 cm³/mol. The Morgan fingerprint density at radius 3 is 1.06 bits per heavy atom. The molecular formula is C61H117NO5. The van der Waals surface area contributed by atoms with E-state index in [9.17, 15) is 19.8 Å². The maximum atomic E-state index is 12.5. The van der Waals surface area contributed by atoms with Crippen molar-refractivity contribution in [1.29, 1.82) is 0 Å². The Bertz CT molecular complexity index is 1040. The highest BCUT2D eigenvalue weighted by Gasteiger charge is 2.20. The number of unbranched alkanes of at least 4 members (excludes halogenated alkanes) is 41. The van der Waals surface area contributed by atoms with Gasteiger partial charge in [0.25, 0.3) is 0 Å². The van der Waals surface area contributed by atoms with Gasteiger partial charge in [0.2, 0.25) is 5.91 Å². The van der Waals surface area contributed by atoms with Crippen LogP contribution < -0.4 is 5.32 Å². The normalized spacial score (nSPS) is 12.7. The molecule has 6 nitrogen and oxygen atoms in total. The monoisotopic (exact) mass is 944 g/mol. The summed E-state index contributed by atoms with van der Waals surface area (Å²) in [5, 5.41) is 23.3. The molecule has 1 amide bonds. The zero-order chi connectivity index (χ0) is 48.6. The molecular weight excluding hydrogens is 827 g/mol. The van der Waals surface area contributed by atoms with E-state index in [0.29, 0.717) is 25.9 Å². The Balaban J connectivity index is 3.49. The average molecular weight is 945 g/mol. The molecule has 0 spiro atoms. The molecule has 0 aromatic carbocycles. The lowest BCUT2D eigenvalue weighted by atomic mass is 10.0. The number of carbonyl (C=O) groups is 2. The molecule has 0 heterocycles. The first-order valence-corrected chi connectivity index (χ1v) is 30.1. The van der Waals surface area contributed by atoms with E-state index in [0.717, 1.165) is 77.0 Å². The summed E-state index contributed by atoms with van der Waals surface area (Å²) in [6, 6.07) is -0.562. The number of amides is 1. The van der Waals surface area contributed by atoms with Crippen molar-refractivity contribution in [3.63, 3.8) is 0 Å². The van der Waals surface area contributed by atoms with Crippen molar-refractivity contribution in [2.75, 3.05) is 13.2 Å². The maximum absolute atomic E-state index is 12.5. The molecule has 0 bridgehead atoms. The van der Waals surface area contributed by atoms with Crippen molar-refractivity contribution in [2.45, 2.75) is 341 Å². The Kier molecular flexibility index (Phi) is 55.5. The summed E-state index contributed by atoms with van der Waals surface area (Å²) < 4.78 is 5.45. The number of rotatable bonds is 56. The number of aliphatic hydroxyl groups excluding tert-OH is 2. The van der Waals surface area contributed by atoms with Crippen LogP contribution >= 0.6 is 0 Å². The Morgan fingerprint density at radius 2 is 0.701 bits per heavy atom. The van der Waals surface area contributed by atoms with E-state index < -0.39 is 12.1 Å². The second kappa shape index (κ2) is 56.9. The van der Waals surface area contributed by atoms with E-state index in [1.165, 1.54) is 218 Å². The molecule has 3 N–H and O–H groups in total. The number of allylic oxidation sites excluding steroid dienone is 4. The minimum absolute atomic E-state index is 0.0298. The minimum atomic E-state index is -0.682. The number of ether oxygens (including phenoxy) is 1. The van der Waals surface area contributed by atoms with Gasteiger partial charge in [0.1, 0.15) is 0 Å². The molecule has 0 saturated carbocycles. The number of hydrogen-bond donors (Lipinski definition) is 3. The topological polar surface area (TPSA) is 95.9 Å². The number of nitrogens with one attached hydrogen (secondary N) is 1. The summed E-state index contributed by atoms with van der Waals surface area (Å²) in [6.45, 7) is 4.91. The summed E-state index contributed by atoms with van der Waals surface area (Å²) in [5.74, 6) is -0.0879. The Labute approximate surface area is 418 Å². The predicted octanol–water partition coefficient (Wildman–Crippen LogP) is 18.6. The van der Waals surface area contributed by atoms with Gasteiger partial charge in [-0.25, -0.2) is 0 Å². The lowest BCUT2D eigenvalue weighted by Gasteiger charge is -2.22. The molecule has 2 atom stereocenters. The largest absolute Gasteiger partial charge is 0.466 e. The molecule has 0 aliphatic carbocycles. The van der Waals surface area contributed by atoms with E-state index in [2.05, 4.69) is 43.5 Å². The molecule has 0 aliphatic heterocycles. The van der Waals surface area contributed by atoms with Crippen molar-refractivity contribution in [1.82, 2.24) is 5.32 Å². The van der Waals surface area contributed by atoms with Gasteiger partial charge < -0.3 is 20.3 Å². The van der Waals surface area contributed by atoms with Crippen molar-refractivity contribution >= 4 is 11.9 Å². The highest BCUT2D eigenvalue weighted by molar-refractivity contribution is 5.76. The van der Waals surface area contributed by atoms with Crippen LogP contribution in [0.25, 0.3) is 0 Å². The van der Waals surface area contributed by atoms with Crippen molar-refractivity contribution in [3.8, 4) is 0 Å². The van der Waals surface area contributed by atoms with Gasteiger partial charge in [-0.05, 0) is 83.5 Å². The highest BCUT2D eigenvalue weighted by atomic mass is 16.5. The standard InChI is InChI=1S/C61H117NO5/c1-3-5-7-9-11-13-15-17-19-20-21-22-23-24-25-26-28-29-33-37-41-45-49-53-59(64)58(57-63)62-60(65)54-50-46-42-38-34-31-32-36-40-44-48-52-56-67-61(66)55-51-47-43-39-35-30-27-18-16-14-12-10-8-6-4-2/h18,27,32,36,58-59,63-64H,3-17,19-26,28-31,33-35,37-57H2,1-2H3,(H,62,65)/b27-18-,36-32-. The van der Waals surface area contributed by atoms with Gasteiger partial charge in [-0.2, -0.15) is 0 Å². The van der Waals surface area contributed by atoms with Crippen LogP contribution in [0.1, 0.15) is 328 Å². The van der Waals surface area contributed by atoms with Crippen LogP contribution in [0.15, 0.2) is 24.3 Å². The van der Waals surface area contributed by atoms with Crippen LogP contribution in [-0.2, 0) is 14.3 Å². The van der Waals surface area contributed by atoms with E-state index in [4.69, 9.17) is 4.74 Å². The van der Waals surface area contributed by atoms with Gasteiger partial charge in [-0.15, -0.1) is 0 Å². The fourth-order valence-electron chi connectivity index (χ4n) is 9.34. The molecule has 0 aliphatic rings. The van der Waals surface area contributed by atoms with Gasteiger partial charge in [-0.1, -0.05) is 256 Å². The van der Waals surface area contributed by atoms with Crippen LogP contribution in [0, 0.1) is 0 Å². The number of esters is 1. The van der Waals surface area contributed by atoms with E-state index in [1.54, 1.807) is 0 Å². The smallest absolute Gasteiger partial charge is 0.305 e. The van der Waals surface area contributed by atoms with Crippen LogP contribution in [0.5, 0.6) is 0 Å². The minimum Gasteiger partial charge on any atom is -0.466 e. The number of hydrogen-bond acceptors (Lipinski definition) is 5. The van der Waals surface area contributed by atoms with Crippen LogP contribution in [0.3, 0.4) is 0 Å². The van der Waals surface area contributed by atoms with Gasteiger partial charge in [-0.3, -0.25) is 9.59 Å². The third-order valence-electron chi connectivity index (χ3n) is 14.0. The van der Waals surface area contributed by atoms with Gasteiger partial charge in [0, 0.05) is 12.8 Å². The molecule has 0 rings (SSSR count). The van der Waals surface area contributed by atoms with Crippen molar-refractivity contribution in [2.24, 2.45) is 0 Å². The molecule has 0 aromatic heterocycles. The zero-order valence-electron chi connectivity index (χ0n) is 45.1. The van der Waals surface area contributed by atoms with E-state index in [1.807, 2.05) is 0 Å². The van der Waals surface area contributed by atoms with Gasteiger partial charge in [0.15, 0.2) is 0 Å². The summed E-state index contributed by atoms with van der Waals surface area (Å²) >= 11 is 0. The third kappa shape index (κ3) is 53.5. The van der Waals surface area contributed by atoms with Crippen molar-refractivity contribution < 1.29 is 24.5 Å². The van der Waals surface area contributed by atoms with Gasteiger partial charge in [0.05, 0.1) is 25.4 Å². The van der Waals surface area contributed by atoms with Gasteiger partial charge >= 0.3 is 5.97 Å². The zero-order valence-corrected chi connectivity index (χ0v) is 45.1. The fourth-order valence-corrected chi connectivity index (χ4v) is 9.34. The molecule has 396 valence electrons. The highest BCUT2D eigenvalue weighted by Crippen LogP contribution is 2.17. The van der Waals surface area contributed by atoms with Crippen LogP contribution in [0.2, 0.25) is 0 Å². The number of aliphatic hydroxyl groups is 2. The molecule has 6 heteroatoms. The first-order valence-electron chi connectivity index (χ1n) is 30.1.